The van der Waals surface area contributed by atoms with E-state index < -0.39 is 5.92 Å². The molecule has 0 aromatic heterocycles. The van der Waals surface area contributed by atoms with Crippen molar-refractivity contribution in [1.82, 2.24) is 9.80 Å². The molecule has 0 aromatic rings. The van der Waals surface area contributed by atoms with Gasteiger partial charge in [-0.1, -0.05) is 18.5 Å². The van der Waals surface area contributed by atoms with E-state index in [1.54, 1.807) is 11.9 Å². The third kappa shape index (κ3) is 4.38. The molecule has 2 atom stereocenters. The highest BCUT2D eigenvalue weighted by Gasteiger charge is 2.28. The smallest absolute Gasteiger partial charge is 0.233 e. The molecule has 3 N–H and O–H groups in total. The maximum absolute atomic E-state index is 12.3. The van der Waals surface area contributed by atoms with Gasteiger partial charge in [-0.3, -0.25) is 4.79 Å². The summed E-state index contributed by atoms with van der Waals surface area (Å²) in [7, 11) is 3.89. The summed E-state index contributed by atoms with van der Waals surface area (Å²) in [5.41, 5.74) is 5.62. The largest absolute Gasteiger partial charge is 0.409 e. The minimum atomic E-state index is -0.501. The van der Waals surface area contributed by atoms with Crippen LogP contribution in [-0.4, -0.2) is 60.5 Å². The molecule has 0 bridgehead atoms. The Kier molecular flexibility index (Phi) is 6.08. The van der Waals surface area contributed by atoms with Gasteiger partial charge in [-0.05, 0) is 32.4 Å². The van der Waals surface area contributed by atoms with E-state index in [-0.39, 0.29) is 11.7 Å². The fourth-order valence-corrected chi connectivity index (χ4v) is 2.67. The molecule has 1 rings (SSSR count). The normalized spacial score (nSPS) is 22.5. The zero-order valence-electron chi connectivity index (χ0n) is 12.2. The number of nitrogens with two attached hydrogens (primary N) is 1. The van der Waals surface area contributed by atoms with Crippen LogP contribution < -0.4 is 5.73 Å². The minimum Gasteiger partial charge on any atom is -0.409 e. The lowest BCUT2D eigenvalue weighted by atomic mass is 10.00. The molecular formula is C13H26N4O2. The zero-order valence-corrected chi connectivity index (χ0v) is 12.2. The molecule has 0 radical (unpaired) electrons. The molecule has 1 fully saturated rings. The highest BCUT2D eigenvalue weighted by Crippen LogP contribution is 2.17. The summed E-state index contributed by atoms with van der Waals surface area (Å²) in [6.07, 6.45) is 2.56. The predicted molar refractivity (Wildman–Crippen MR) is 75.0 cm³/mol. The van der Waals surface area contributed by atoms with E-state index in [9.17, 15) is 4.79 Å². The number of hydrogen-bond donors (Lipinski definition) is 2. The summed E-state index contributed by atoms with van der Waals surface area (Å²) in [6.45, 7) is 4.84. The van der Waals surface area contributed by atoms with Gasteiger partial charge in [0.05, 0.1) is 5.92 Å². The number of likely N-dealkylation sites (tertiary alicyclic amines) is 1. The Morgan fingerprint density at radius 3 is 2.79 bits per heavy atom. The lowest BCUT2D eigenvalue weighted by Gasteiger charge is -2.25. The molecule has 1 amide bonds. The van der Waals surface area contributed by atoms with Crippen molar-refractivity contribution in [2.75, 3.05) is 33.7 Å². The van der Waals surface area contributed by atoms with Gasteiger partial charge in [0, 0.05) is 20.1 Å². The molecule has 110 valence electrons. The van der Waals surface area contributed by atoms with Gasteiger partial charge in [0.2, 0.25) is 5.91 Å². The third-order valence-corrected chi connectivity index (χ3v) is 3.75. The van der Waals surface area contributed by atoms with Gasteiger partial charge in [-0.2, -0.15) is 0 Å². The summed E-state index contributed by atoms with van der Waals surface area (Å²) in [4.78, 5) is 16.3. The first-order chi connectivity index (χ1) is 8.99. The van der Waals surface area contributed by atoms with Gasteiger partial charge < -0.3 is 20.7 Å². The number of amides is 1. The van der Waals surface area contributed by atoms with E-state index in [0.717, 1.165) is 32.5 Å². The molecule has 2 unspecified atom stereocenters. The number of amidine groups is 1. The Morgan fingerprint density at radius 2 is 2.32 bits per heavy atom. The summed E-state index contributed by atoms with van der Waals surface area (Å²) < 4.78 is 0. The Bertz CT molecular complexity index is 333. The highest BCUT2D eigenvalue weighted by atomic mass is 16.4. The van der Waals surface area contributed by atoms with Crippen LogP contribution in [0.25, 0.3) is 0 Å². The van der Waals surface area contributed by atoms with Gasteiger partial charge >= 0.3 is 0 Å². The van der Waals surface area contributed by atoms with Crippen LogP contribution in [-0.2, 0) is 4.79 Å². The number of oxime groups is 1. The monoisotopic (exact) mass is 270 g/mol. The molecule has 6 heteroatoms. The lowest BCUT2D eigenvalue weighted by Crippen LogP contribution is -2.42. The average Bonchev–Trinajstić information content (AvgIpc) is 2.79. The minimum absolute atomic E-state index is 0.0160. The fourth-order valence-electron chi connectivity index (χ4n) is 2.67. The van der Waals surface area contributed by atoms with Crippen LogP contribution in [0.3, 0.4) is 0 Å². The second kappa shape index (κ2) is 7.33. The Morgan fingerprint density at radius 1 is 1.63 bits per heavy atom. The second-order valence-corrected chi connectivity index (χ2v) is 5.50. The van der Waals surface area contributed by atoms with Crippen molar-refractivity contribution in [3.63, 3.8) is 0 Å². The van der Waals surface area contributed by atoms with E-state index in [2.05, 4.69) is 17.1 Å². The molecule has 1 aliphatic rings. The van der Waals surface area contributed by atoms with Crippen LogP contribution in [0.15, 0.2) is 5.16 Å². The topological polar surface area (TPSA) is 82.2 Å². The van der Waals surface area contributed by atoms with E-state index in [4.69, 9.17) is 10.9 Å². The standard InChI is InChI=1S/C13H26N4O2/c1-4-5-11(12(14)15-19)13(18)17(3)9-10-6-7-16(2)8-10/h10-11,19H,4-9H2,1-3H3,(H2,14,15). The highest BCUT2D eigenvalue weighted by molar-refractivity contribution is 6.01. The zero-order chi connectivity index (χ0) is 14.4. The number of nitrogens with zero attached hydrogens (tertiary/aromatic N) is 3. The van der Waals surface area contributed by atoms with E-state index in [1.165, 1.54) is 0 Å². The van der Waals surface area contributed by atoms with Gasteiger partial charge in [0.25, 0.3) is 0 Å². The number of hydrogen-bond acceptors (Lipinski definition) is 4. The van der Waals surface area contributed by atoms with Crippen LogP contribution in [0.2, 0.25) is 0 Å². The lowest BCUT2D eigenvalue weighted by molar-refractivity contribution is -0.132. The maximum Gasteiger partial charge on any atom is 0.233 e. The van der Waals surface area contributed by atoms with Crippen molar-refractivity contribution in [3.05, 3.63) is 0 Å². The third-order valence-electron chi connectivity index (χ3n) is 3.75. The van der Waals surface area contributed by atoms with E-state index in [1.807, 2.05) is 6.92 Å². The molecular weight excluding hydrogens is 244 g/mol. The van der Waals surface area contributed by atoms with Crippen molar-refractivity contribution in [3.8, 4) is 0 Å². The molecule has 6 nitrogen and oxygen atoms in total. The van der Waals surface area contributed by atoms with Crippen LogP contribution in [0, 0.1) is 11.8 Å². The molecule has 1 heterocycles. The van der Waals surface area contributed by atoms with Crippen LogP contribution in [0.5, 0.6) is 0 Å². The predicted octanol–water partition coefficient (Wildman–Crippen LogP) is 0.559. The van der Waals surface area contributed by atoms with Crippen molar-refractivity contribution in [2.24, 2.45) is 22.7 Å². The molecule has 0 aromatic carbocycles. The van der Waals surface area contributed by atoms with Crippen LogP contribution in [0.4, 0.5) is 0 Å². The van der Waals surface area contributed by atoms with E-state index in [0.29, 0.717) is 12.3 Å². The Labute approximate surface area is 115 Å². The number of carbonyl (C=O) groups excluding carboxylic acids is 1. The van der Waals surface area contributed by atoms with E-state index >= 15 is 0 Å². The average molecular weight is 270 g/mol. The molecule has 0 aliphatic carbocycles. The number of carbonyl (C=O) groups is 1. The van der Waals surface area contributed by atoms with Gasteiger partial charge in [-0.15, -0.1) is 0 Å². The number of rotatable bonds is 6. The van der Waals surface area contributed by atoms with Crippen molar-refractivity contribution < 1.29 is 10.0 Å². The first-order valence-corrected chi connectivity index (χ1v) is 6.90. The van der Waals surface area contributed by atoms with Crippen molar-refractivity contribution in [2.45, 2.75) is 26.2 Å². The summed E-state index contributed by atoms with van der Waals surface area (Å²) in [5.74, 6) is -0.0124. The molecule has 0 spiro atoms. The molecule has 0 saturated carbocycles. The van der Waals surface area contributed by atoms with Gasteiger partial charge in [0.1, 0.15) is 0 Å². The molecule has 1 saturated heterocycles. The van der Waals surface area contributed by atoms with Crippen molar-refractivity contribution in [1.29, 1.82) is 0 Å². The first-order valence-electron chi connectivity index (χ1n) is 6.90. The Hall–Kier alpha value is -1.30. The first kappa shape index (κ1) is 15.8. The quantitative estimate of drug-likeness (QED) is 0.320. The summed E-state index contributed by atoms with van der Waals surface area (Å²) >= 11 is 0. The van der Waals surface area contributed by atoms with Gasteiger partial charge in [-0.25, -0.2) is 0 Å². The van der Waals surface area contributed by atoms with Crippen LogP contribution >= 0.6 is 0 Å². The maximum atomic E-state index is 12.3. The molecule has 1 aliphatic heterocycles. The molecule has 19 heavy (non-hydrogen) atoms. The Balaban J connectivity index is 2.58. The SMILES string of the molecule is CCCC(C(=O)N(C)CC1CCN(C)C1)C(N)=NO. The summed E-state index contributed by atoms with van der Waals surface area (Å²) in [5, 5.41) is 11.8. The summed E-state index contributed by atoms with van der Waals surface area (Å²) in [6, 6.07) is 0. The van der Waals surface area contributed by atoms with Gasteiger partial charge in [0.15, 0.2) is 5.84 Å². The van der Waals surface area contributed by atoms with Crippen molar-refractivity contribution >= 4 is 11.7 Å². The fraction of sp³-hybridized carbons (Fsp3) is 0.846. The second-order valence-electron chi connectivity index (χ2n) is 5.50. The van der Waals surface area contributed by atoms with Crippen LogP contribution in [0.1, 0.15) is 26.2 Å².